The van der Waals surface area contributed by atoms with Crippen LogP contribution in [0.15, 0.2) is 17.6 Å². The molecule has 1 aliphatic rings. The van der Waals surface area contributed by atoms with Crippen LogP contribution in [0.1, 0.15) is 4.88 Å². The highest BCUT2D eigenvalue weighted by molar-refractivity contribution is 7.94. The minimum Gasteiger partial charge on any atom is -0.362 e. The van der Waals surface area contributed by atoms with Gasteiger partial charge in [0.2, 0.25) is 5.28 Å². The summed E-state index contributed by atoms with van der Waals surface area (Å²) in [5.41, 5.74) is 0. The molecule has 1 atom stereocenters. The highest BCUT2D eigenvalue weighted by Crippen LogP contribution is 2.30. The number of anilines is 1. The second-order valence-corrected chi connectivity index (χ2v) is 7.83. The summed E-state index contributed by atoms with van der Waals surface area (Å²) in [6.45, 7) is 1.98. The smallest absolute Gasteiger partial charge is 0.225 e. The normalized spacial score (nSPS) is 21.1. The molecule has 1 N–H and O–H groups in total. The van der Waals surface area contributed by atoms with Crippen molar-refractivity contribution in [1.82, 2.24) is 9.97 Å². The van der Waals surface area contributed by atoms with Gasteiger partial charge in [-0.05, 0) is 30.7 Å². The van der Waals surface area contributed by atoms with Crippen molar-refractivity contribution < 1.29 is 8.42 Å². The lowest BCUT2D eigenvalue weighted by atomic mass is 10.3. The molecule has 0 saturated carbocycles. The van der Waals surface area contributed by atoms with E-state index >= 15 is 0 Å². The number of aryl methyl sites for hydroxylation is 1. The lowest BCUT2D eigenvalue weighted by Gasteiger charge is -2.11. The third kappa shape index (κ3) is 2.58. The second-order valence-electron chi connectivity index (χ2n) is 4.33. The van der Waals surface area contributed by atoms with Crippen LogP contribution in [0.2, 0.25) is 5.28 Å². The van der Waals surface area contributed by atoms with Crippen molar-refractivity contribution in [3.63, 3.8) is 0 Å². The molecular weight excluding hydrogens is 306 g/mol. The summed E-state index contributed by atoms with van der Waals surface area (Å²) in [5, 5.41) is 5.34. The van der Waals surface area contributed by atoms with E-state index in [1.165, 1.54) is 16.7 Å². The number of aromatic nitrogens is 2. The van der Waals surface area contributed by atoms with Gasteiger partial charge >= 0.3 is 0 Å². The van der Waals surface area contributed by atoms with Crippen molar-refractivity contribution in [3.8, 4) is 0 Å². The van der Waals surface area contributed by atoms with E-state index in [0.29, 0.717) is 5.82 Å². The van der Waals surface area contributed by atoms with E-state index in [1.807, 2.05) is 13.0 Å². The lowest BCUT2D eigenvalue weighted by Crippen LogP contribution is -2.21. The first-order valence-electron chi connectivity index (χ1n) is 5.54. The number of fused-ring (bicyclic) bond motifs is 1. The van der Waals surface area contributed by atoms with Gasteiger partial charge in [-0.15, -0.1) is 11.3 Å². The summed E-state index contributed by atoms with van der Waals surface area (Å²) in [6.07, 6.45) is 1.62. The maximum atomic E-state index is 11.4. The van der Waals surface area contributed by atoms with Gasteiger partial charge in [0.25, 0.3) is 0 Å². The molecule has 1 unspecified atom stereocenters. The van der Waals surface area contributed by atoms with Crippen molar-refractivity contribution in [2.24, 2.45) is 0 Å². The SMILES string of the molecule is Cc1cc2c(NC3C=CS(=O)(=O)C3)nc(Cl)nc2s1. The van der Waals surface area contributed by atoms with Crippen molar-refractivity contribution in [2.45, 2.75) is 13.0 Å². The highest BCUT2D eigenvalue weighted by Gasteiger charge is 2.23. The maximum Gasteiger partial charge on any atom is 0.225 e. The van der Waals surface area contributed by atoms with Crippen molar-refractivity contribution >= 4 is 48.8 Å². The summed E-state index contributed by atoms with van der Waals surface area (Å²) in [4.78, 5) is 10.2. The van der Waals surface area contributed by atoms with Crippen LogP contribution < -0.4 is 5.32 Å². The Balaban J connectivity index is 1.99. The molecule has 5 nitrogen and oxygen atoms in total. The molecule has 0 aliphatic carbocycles. The Kier molecular flexibility index (Phi) is 2.99. The molecular formula is C11H10ClN3O2S2. The van der Waals surface area contributed by atoms with Crippen LogP contribution >= 0.6 is 22.9 Å². The Morgan fingerprint density at radius 1 is 1.47 bits per heavy atom. The van der Waals surface area contributed by atoms with Crippen LogP contribution in [0.25, 0.3) is 10.2 Å². The van der Waals surface area contributed by atoms with E-state index in [0.717, 1.165) is 15.1 Å². The third-order valence-corrected chi connectivity index (χ3v) is 5.25. The third-order valence-electron chi connectivity index (χ3n) is 2.74. The van der Waals surface area contributed by atoms with Gasteiger partial charge in [0.15, 0.2) is 9.84 Å². The molecule has 2 aromatic heterocycles. The van der Waals surface area contributed by atoms with Gasteiger partial charge in [-0.3, -0.25) is 0 Å². The predicted molar refractivity (Wildman–Crippen MR) is 77.5 cm³/mol. The molecule has 3 heterocycles. The predicted octanol–water partition coefficient (Wildman–Crippen LogP) is 2.38. The van der Waals surface area contributed by atoms with E-state index in [4.69, 9.17) is 11.6 Å². The fraction of sp³-hybridized carbons (Fsp3) is 0.273. The average molecular weight is 316 g/mol. The second kappa shape index (κ2) is 4.43. The molecule has 1 aliphatic heterocycles. The summed E-state index contributed by atoms with van der Waals surface area (Å²) in [5.74, 6) is 0.616. The molecule has 19 heavy (non-hydrogen) atoms. The van der Waals surface area contributed by atoms with Crippen LogP contribution in [-0.4, -0.2) is 30.2 Å². The zero-order valence-corrected chi connectivity index (χ0v) is 12.3. The molecule has 0 bridgehead atoms. The molecule has 8 heteroatoms. The largest absolute Gasteiger partial charge is 0.362 e. The Morgan fingerprint density at radius 3 is 2.95 bits per heavy atom. The van der Waals surface area contributed by atoms with Gasteiger partial charge in [0.05, 0.1) is 17.2 Å². The number of nitrogens with zero attached hydrogens (tertiary/aromatic N) is 2. The summed E-state index contributed by atoms with van der Waals surface area (Å²) < 4.78 is 22.8. The van der Waals surface area contributed by atoms with E-state index < -0.39 is 9.84 Å². The highest BCUT2D eigenvalue weighted by atomic mass is 35.5. The Bertz CT molecular complexity index is 783. The summed E-state index contributed by atoms with van der Waals surface area (Å²) >= 11 is 7.41. The molecule has 0 aromatic carbocycles. The average Bonchev–Trinajstić information content (AvgIpc) is 2.81. The molecule has 100 valence electrons. The molecule has 0 saturated heterocycles. The molecule has 0 amide bonds. The number of hydrogen-bond acceptors (Lipinski definition) is 6. The monoisotopic (exact) mass is 315 g/mol. The maximum absolute atomic E-state index is 11.4. The van der Waals surface area contributed by atoms with Gasteiger partial charge < -0.3 is 5.32 Å². The number of sulfone groups is 1. The van der Waals surface area contributed by atoms with Gasteiger partial charge in [0, 0.05) is 10.3 Å². The fourth-order valence-electron chi connectivity index (χ4n) is 1.97. The summed E-state index contributed by atoms with van der Waals surface area (Å²) in [6, 6.07) is 1.69. The van der Waals surface area contributed by atoms with E-state index in [9.17, 15) is 8.42 Å². The minimum atomic E-state index is -3.09. The fourth-order valence-corrected chi connectivity index (χ4v) is 4.30. The quantitative estimate of drug-likeness (QED) is 0.861. The standard InChI is InChI=1S/C11H10ClN3O2S2/c1-6-4-8-9(14-11(12)15-10(8)18-6)13-7-2-3-19(16,17)5-7/h2-4,7H,5H2,1H3,(H,13,14,15). The Morgan fingerprint density at radius 2 is 2.26 bits per heavy atom. The molecule has 3 rings (SSSR count). The van der Waals surface area contributed by atoms with Crippen LogP contribution in [0.4, 0.5) is 5.82 Å². The van der Waals surface area contributed by atoms with Crippen LogP contribution in [0.3, 0.4) is 0 Å². The first kappa shape index (κ1) is 12.8. The van der Waals surface area contributed by atoms with Crippen LogP contribution in [0.5, 0.6) is 0 Å². The number of thiophene rings is 1. The van der Waals surface area contributed by atoms with Crippen LogP contribution in [0, 0.1) is 6.92 Å². The van der Waals surface area contributed by atoms with E-state index in [2.05, 4.69) is 15.3 Å². The zero-order valence-electron chi connectivity index (χ0n) is 9.92. The van der Waals surface area contributed by atoms with Crippen molar-refractivity contribution in [3.05, 3.63) is 27.7 Å². The van der Waals surface area contributed by atoms with Gasteiger partial charge in [-0.2, -0.15) is 0 Å². The van der Waals surface area contributed by atoms with Crippen molar-refractivity contribution in [1.29, 1.82) is 0 Å². The summed E-state index contributed by atoms with van der Waals surface area (Å²) in [7, 11) is -3.09. The Hall–Kier alpha value is -1.18. The van der Waals surface area contributed by atoms with Crippen LogP contribution in [-0.2, 0) is 9.84 Å². The first-order valence-corrected chi connectivity index (χ1v) is 8.45. The number of hydrogen-bond donors (Lipinski definition) is 1. The lowest BCUT2D eigenvalue weighted by molar-refractivity contribution is 0.605. The first-order chi connectivity index (χ1) is 8.93. The Labute approximate surface area is 119 Å². The van der Waals surface area contributed by atoms with Gasteiger partial charge in [-0.25, -0.2) is 18.4 Å². The topological polar surface area (TPSA) is 72.0 Å². The molecule has 0 radical (unpaired) electrons. The number of halogens is 1. The molecule has 2 aromatic rings. The molecule has 0 spiro atoms. The number of nitrogens with one attached hydrogen (secondary N) is 1. The number of rotatable bonds is 2. The van der Waals surface area contributed by atoms with Gasteiger partial charge in [0.1, 0.15) is 10.6 Å². The van der Waals surface area contributed by atoms with Crippen molar-refractivity contribution in [2.75, 3.05) is 11.1 Å². The minimum absolute atomic E-state index is 0.0409. The van der Waals surface area contributed by atoms with Gasteiger partial charge in [-0.1, -0.05) is 0 Å². The van der Waals surface area contributed by atoms with E-state index in [1.54, 1.807) is 6.08 Å². The zero-order chi connectivity index (χ0) is 13.6. The van der Waals surface area contributed by atoms with E-state index in [-0.39, 0.29) is 17.1 Å². The molecule has 0 fully saturated rings.